The molecule has 1 aromatic heterocycles. The molecule has 0 aliphatic heterocycles. The van der Waals surface area contributed by atoms with Gasteiger partial charge in [-0.1, -0.05) is 30.1 Å². The van der Waals surface area contributed by atoms with Crippen molar-refractivity contribution in [1.82, 2.24) is 0 Å². The Morgan fingerprint density at radius 2 is 1.78 bits per heavy atom. The fourth-order valence-corrected chi connectivity index (χ4v) is 2.04. The Labute approximate surface area is 115 Å². The molecule has 5 heteroatoms. The van der Waals surface area contributed by atoms with Crippen molar-refractivity contribution in [2.24, 2.45) is 0 Å². The van der Waals surface area contributed by atoms with Gasteiger partial charge < -0.3 is 9.73 Å². The maximum atomic E-state index is 13.2. The second-order valence-corrected chi connectivity index (χ2v) is 4.64. The van der Waals surface area contributed by atoms with Crippen LogP contribution in [0, 0.1) is 5.82 Å². The first kappa shape index (κ1) is 13.2. The molecule has 0 saturated heterocycles. The van der Waals surface area contributed by atoms with Gasteiger partial charge in [0.2, 0.25) is 0 Å². The number of furan rings is 1. The van der Waals surface area contributed by atoms with Gasteiger partial charge in [-0.2, -0.15) is 0 Å². The summed E-state index contributed by atoms with van der Waals surface area (Å²) in [6.45, 7) is 2.52. The first-order valence-electron chi connectivity index (χ1n) is 5.56. The normalized spacial score (nSPS) is 10.7. The van der Waals surface area contributed by atoms with Crippen molar-refractivity contribution in [2.45, 2.75) is 19.9 Å². The Hall–Kier alpha value is -1.19. The molecule has 1 heterocycles. The largest absolute Gasteiger partial charge is 0.464 e. The van der Waals surface area contributed by atoms with Crippen LogP contribution >= 0.6 is 23.2 Å². The van der Waals surface area contributed by atoms with E-state index in [-0.39, 0.29) is 10.0 Å². The highest BCUT2D eigenvalue weighted by molar-refractivity contribution is 6.35. The average Bonchev–Trinajstić information content (AvgIpc) is 2.81. The lowest BCUT2D eigenvalue weighted by Crippen LogP contribution is -1.98. The molecule has 1 N–H and O–H groups in total. The van der Waals surface area contributed by atoms with E-state index in [1.807, 2.05) is 19.1 Å². The molecule has 0 atom stereocenters. The maximum Gasteiger partial charge on any atom is 0.160 e. The first-order chi connectivity index (χ1) is 8.60. The summed E-state index contributed by atoms with van der Waals surface area (Å²) >= 11 is 11.4. The highest BCUT2D eigenvalue weighted by Gasteiger charge is 2.08. The van der Waals surface area contributed by atoms with Crippen LogP contribution in [0.4, 0.5) is 10.1 Å². The van der Waals surface area contributed by atoms with E-state index in [0.717, 1.165) is 17.9 Å². The minimum Gasteiger partial charge on any atom is -0.464 e. The predicted octanol–water partition coefficient (Wildman–Crippen LogP) is 4.90. The molecule has 0 radical (unpaired) electrons. The van der Waals surface area contributed by atoms with Gasteiger partial charge in [0.05, 0.1) is 16.6 Å². The van der Waals surface area contributed by atoms with Gasteiger partial charge in [-0.3, -0.25) is 0 Å². The lowest BCUT2D eigenvalue weighted by molar-refractivity contribution is 0.476. The van der Waals surface area contributed by atoms with Crippen LogP contribution in [0.1, 0.15) is 18.4 Å². The van der Waals surface area contributed by atoms with Crippen LogP contribution < -0.4 is 5.32 Å². The monoisotopic (exact) mass is 287 g/mol. The van der Waals surface area contributed by atoms with Crippen LogP contribution in [0.15, 0.2) is 28.7 Å². The van der Waals surface area contributed by atoms with E-state index in [0.29, 0.717) is 12.2 Å². The standard InChI is InChI=1S/C13H12Cl2FNO/c1-2-9-3-4-10(18-9)7-17-8-5-11(14)13(16)12(15)6-8/h3-6,17H,2,7H2,1H3. The molecule has 0 fully saturated rings. The van der Waals surface area contributed by atoms with Crippen LogP contribution in [0.3, 0.4) is 0 Å². The van der Waals surface area contributed by atoms with Crippen LogP contribution in [0.2, 0.25) is 10.0 Å². The Kier molecular flexibility index (Phi) is 4.15. The number of halogens is 3. The summed E-state index contributed by atoms with van der Waals surface area (Å²) in [4.78, 5) is 0. The highest BCUT2D eigenvalue weighted by Crippen LogP contribution is 2.27. The van der Waals surface area contributed by atoms with E-state index in [4.69, 9.17) is 27.6 Å². The molecule has 0 aliphatic rings. The Balaban J connectivity index is 2.06. The number of anilines is 1. The minimum atomic E-state index is -0.602. The van der Waals surface area contributed by atoms with Crippen molar-refractivity contribution in [1.29, 1.82) is 0 Å². The van der Waals surface area contributed by atoms with Gasteiger partial charge in [-0.05, 0) is 24.3 Å². The maximum absolute atomic E-state index is 13.2. The number of hydrogen-bond donors (Lipinski definition) is 1. The Morgan fingerprint density at radius 1 is 1.17 bits per heavy atom. The summed E-state index contributed by atoms with van der Waals surface area (Å²) in [7, 11) is 0. The second-order valence-electron chi connectivity index (χ2n) is 3.83. The summed E-state index contributed by atoms with van der Waals surface area (Å²) < 4.78 is 18.7. The molecule has 18 heavy (non-hydrogen) atoms. The highest BCUT2D eigenvalue weighted by atomic mass is 35.5. The molecule has 2 aromatic rings. The lowest BCUT2D eigenvalue weighted by atomic mass is 10.3. The zero-order chi connectivity index (χ0) is 13.1. The SMILES string of the molecule is CCc1ccc(CNc2cc(Cl)c(F)c(Cl)c2)o1. The fraction of sp³-hybridized carbons (Fsp3) is 0.231. The molecule has 0 saturated carbocycles. The van der Waals surface area contributed by atoms with Gasteiger partial charge >= 0.3 is 0 Å². The molecule has 0 unspecified atom stereocenters. The third-order valence-corrected chi connectivity index (χ3v) is 3.07. The number of benzene rings is 1. The fourth-order valence-electron chi connectivity index (χ4n) is 1.55. The molecule has 0 bridgehead atoms. The first-order valence-corrected chi connectivity index (χ1v) is 6.31. The number of hydrogen-bond acceptors (Lipinski definition) is 2. The third kappa shape index (κ3) is 2.98. The molecule has 0 spiro atoms. The number of aryl methyl sites for hydroxylation is 1. The van der Waals surface area contributed by atoms with Crippen LogP contribution in [-0.2, 0) is 13.0 Å². The Bertz CT molecular complexity index is 531. The summed E-state index contributed by atoms with van der Waals surface area (Å²) in [5.74, 6) is 1.14. The van der Waals surface area contributed by atoms with Gasteiger partial charge in [-0.15, -0.1) is 0 Å². The summed E-state index contributed by atoms with van der Waals surface area (Å²) in [5.41, 5.74) is 0.654. The van der Waals surface area contributed by atoms with E-state index >= 15 is 0 Å². The van der Waals surface area contributed by atoms with E-state index in [2.05, 4.69) is 5.32 Å². The van der Waals surface area contributed by atoms with Crippen molar-refractivity contribution >= 4 is 28.9 Å². The van der Waals surface area contributed by atoms with Crippen LogP contribution in [-0.4, -0.2) is 0 Å². The molecule has 1 aromatic carbocycles. The smallest absolute Gasteiger partial charge is 0.160 e. The minimum absolute atomic E-state index is 0.00121. The molecule has 0 amide bonds. The summed E-state index contributed by atoms with van der Waals surface area (Å²) in [6, 6.07) is 6.82. The van der Waals surface area contributed by atoms with Gasteiger partial charge in [0.25, 0.3) is 0 Å². The molecular formula is C13H12Cl2FNO. The summed E-state index contributed by atoms with van der Waals surface area (Å²) in [5, 5.41) is 3.08. The molecule has 2 rings (SSSR count). The Morgan fingerprint density at radius 3 is 2.33 bits per heavy atom. The van der Waals surface area contributed by atoms with Gasteiger partial charge in [-0.25, -0.2) is 4.39 Å². The second kappa shape index (κ2) is 5.63. The van der Waals surface area contributed by atoms with Crippen LogP contribution in [0.5, 0.6) is 0 Å². The van der Waals surface area contributed by atoms with Crippen molar-refractivity contribution in [3.05, 3.63) is 51.6 Å². The predicted molar refractivity (Wildman–Crippen MR) is 71.8 cm³/mol. The quantitative estimate of drug-likeness (QED) is 0.809. The number of rotatable bonds is 4. The van der Waals surface area contributed by atoms with Gasteiger partial charge in [0.15, 0.2) is 5.82 Å². The molecular weight excluding hydrogens is 276 g/mol. The van der Waals surface area contributed by atoms with Gasteiger partial charge in [0.1, 0.15) is 11.5 Å². The summed E-state index contributed by atoms with van der Waals surface area (Å²) in [6.07, 6.45) is 0.855. The van der Waals surface area contributed by atoms with Crippen molar-refractivity contribution in [2.75, 3.05) is 5.32 Å². The number of nitrogens with one attached hydrogen (secondary N) is 1. The average molecular weight is 288 g/mol. The molecule has 0 aliphatic carbocycles. The van der Waals surface area contributed by atoms with Crippen LogP contribution in [0.25, 0.3) is 0 Å². The topological polar surface area (TPSA) is 25.2 Å². The van der Waals surface area contributed by atoms with E-state index in [1.165, 1.54) is 12.1 Å². The van der Waals surface area contributed by atoms with Crippen molar-refractivity contribution in [3.8, 4) is 0 Å². The van der Waals surface area contributed by atoms with Crippen molar-refractivity contribution < 1.29 is 8.81 Å². The van der Waals surface area contributed by atoms with Crippen molar-refractivity contribution in [3.63, 3.8) is 0 Å². The molecule has 2 nitrogen and oxygen atoms in total. The lowest BCUT2D eigenvalue weighted by Gasteiger charge is -2.06. The van der Waals surface area contributed by atoms with E-state index < -0.39 is 5.82 Å². The van der Waals surface area contributed by atoms with E-state index in [9.17, 15) is 4.39 Å². The van der Waals surface area contributed by atoms with E-state index in [1.54, 1.807) is 0 Å². The van der Waals surface area contributed by atoms with Gasteiger partial charge in [0, 0.05) is 12.1 Å². The molecule has 96 valence electrons. The zero-order valence-corrected chi connectivity index (χ0v) is 11.3. The zero-order valence-electron chi connectivity index (χ0n) is 9.77. The third-order valence-electron chi connectivity index (χ3n) is 2.52.